The molecule has 82 valence electrons. The maximum absolute atomic E-state index is 10.7. The van der Waals surface area contributed by atoms with E-state index in [9.17, 15) is 18.5 Å². The molecule has 1 rings (SSSR count). The van der Waals surface area contributed by atoms with Crippen LogP contribution in [-0.2, 0) is 10.1 Å². The fourth-order valence-corrected chi connectivity index (χ4v) is 1.33. The third-order valence-electron chi connectivity index (χ3n) is 1.39. The summed E-state index contributed by atoms with van der Waals surface area (Å²) in [5, 5.41) is 19.4. The Hall–Kier alpha value is -1.83. The van der Waals surface area contributed by atoms with Crippen LogP contribution in [0.4, 0.5) is 5.69 Å². The zero-order valence-corrected chi connectivity index (χ0v) is 8.39. The minimum atomic E-state index is -3.74. The first-order valence-electron chi connectivity index (χ1n) is 3.66. The standard InChI is InChI=1S/C7H7NO6S/c1-15(12,13)14-5-2-3-7(9)6(4-5)8(10)11/h2-4,9H,1H3. The summed E-state index contributed by atoms with van der Waals surface area (Å²) >= 11 is 0. The van der Waals surface area contributed by atoms with Crippen LogP contribution < -0.4 is 4.18 Å². The molecule has 0 aliphatic heterocycles. The highest BCUT2D eigenvalue weighted by Crippen LogP contribution is 2.30. The van der Waals surface area contributed by atoms with Gasteiger partial charge < -0.3 is 9.29 Å². The second kappa shape index (κ2) is 3.73. The lowest BCUT2D eigenvalue weighted by Crippen LogP contribution is -2.05. The SMILES string of the molecule is CS(=O)(=O)Oc1ccc(O)c([N+](=O)[O-])c1. The topological polar surface area (TPSA) is 107 Å². The molecule has 0 fully saturated rings. The number of hydrogen-bond donors (Lipinski definition) is 1. The molecule has 0 saturated carbocycles. The molecule has 0 aliphatic rings. The van der Waals surface area contributed by atoms with Crippen molar-refractivity contribution < 1.29 is 22.6 Å². The molecule has 0 aliphatic carbocycles. The highest BCUT2D eigenvalue weighted by atomic mass is 32.2. The number of nitrogens with zero attached hydrogens (tertiary/aromatic N) is 1. The van der Waals surface area contributed by atoms with Crippen LogP contribution in [0, 0.1) is 10.1 Å². The Kier molecular flexibility index (Phi) is 2.80. The molecule has 1 aromatic rings. The lowest BCUT2D eigenvalue weighted by Gasteiger charge is -2.02. The maximum Gasteiger partial charge on any atom is 0.314 e. The Morgan fingerprint density at radius 3 is 2.53 bits per heavy atom. The van der Waals surface area contributed by atoms with Gasteiger partial charge in [0.1, 0.15) is 5.75 Å². The first kappa shape index (κ1) is 11.2. The summed E-state index contributed by atoms with van der Waals surface area (Å²) in [6.45, 7) is 0. The van der Waals surface area contributed by atoms with Crippen molar-refractivity contribution in [2.75, 3.05) is 6.26 Å². The molecule has 0 bridgehead atoms. The molecule has 0 saturated heterocycles. The molecule has 0 unspecified atom stereocenters. The van der Waals surface area contributed by atoms with E-state index in [1.165, 1.54) is 0 Å². The molecule has 0 amide bonds. The Morgan fingerprint density at radius 2 is 2.07 bits per heavy atom. The summed E-state index contributed by atoms with van der Waals surface area (Å²) in [4.78, 5) is 9.54. The number of rotatable bonds is 3. The number of nitro groups is 1. The highest BCUT2D eigenvalue weighted by Gasteiger charge is 2.15. The van der Waals surface area contributed by atoms with Gasteiger partial charge in [0.2, 0.25) is 0 Å². The van der Waals surface area contributed by atoms with Crippen LogP contribution in [0.15, 0.2) is 18.2 Å². The van der Waals surface area contributed by atoms with Crippen LogP contribution in [-0.4, -0.2) is 24.7 Å². The van der Waals surface area contributed by atoms with E-state index in [0.717, 1.165) is 24.5 Å². The van der Waals surface area contributed by atoms with Crippen LogP contribution in [0.3, 0.4) is 0 Å². The van der Waals surface area contributed by atoms with Crippen LogP contribution in [0.2, 0.25) is 0 Å². The average molecular weight is 233 g/mol. The summed E-state index contributed by atoms with van der Waals surface area (Å²) in [5.74, 6) is -0.775. The Morgan fingerprint density at radius 1 is 1.47 bits per heavy atom. The van der Waals surface area contributed by atoms with E-state index in [0.29, 0.717) is 0 Å². The molecule has 0 spiro atoms. The molecule has 0 atom stereocenters. The maximum atomic E-state index is 10.7. The summed E-state index contributed by atoms with van der Waals surface area (Å²) in [6, 6.07) is 2.93. The zero-order valence-electron chi connectivity index (χ0n) is 7.58. The van der Waals surface area contributed by atoms with E-state index >= 15 is 0 Å². The Balaban J connectivity index is 3.14. The van der Waals surface area contributed by atoms with Crippen molar-refractivity contribution in [3.8, 4) is 11.5 Å². The van der Waals surface area contributed by atoms with Gasteiger partial charge in [-0.25, -0.2) is 0 Å². The highest BCUT2D eigenvalue weighted by molar-refractivity contribution is 7.86. The van der Waals surface area contributed by atoms with Gasteiger partial charge in [0.25, 0.3) is 0 Å². The van der Waals surface area contributed by atoms with Crippen LogP contribution in [0.5, 0.6) is 11.5 Å². The summed E-state index contributed by atoms with van der Waals surface area (Å²) < 4.78 is 25.8. The van der Waals surface area contributed by atoms with E-state index in [1.54, 1.807) is 0 Å². The normalized spacial score (nSPS) is 11.0. The molecule has 0 radical (unpaired) electrons. The van der Waals surface area contributed by atoms with E-state index in [4.69, 9.17) is 5.11 Å². The second-order valence-corrected chi connectivity index (χ2v) is 4.27. The largest absolute Gasteiger partial charge is 0.502 e. The van der Waals surface area contributed by atoms with Crippen molar-refractivity contribution in [2.45, 2.75) is 0 Å². The lowest BCUT2D eigenvalue weighted by atomic mass is 10.3. The van der Waals surface area contributed by atoms with E-state index in [-0.39, 0.29) is 5.75 Å². The van der Waals surface area contributed by atoms with Crippen molar-refractivity contribution in [1.29, 1.82) is 0 Å². The minimum Gasteiger partial charge on any atom is -0.502 e. The number of phenols is 1. The molecule has 7 nitrogen and oxygen atoms in total. The average Bonchev–Trinajstić information content (AvgIpc) is 2.05. The van der Waals surface area contributed by atoms with Crippen molar-refractivity contribution in [1.82, 2.24) is 0 Å². The van der Waals surface area contributed by atoms with Gasteiger partial charge >= 0.3 is 15.8 Å². The summed E-state index contributed by atoms with van der Waals surface area (Å²) in [5.41, 5.74) is -0.615. The molecule has 1 aromatic carbocycles. The van der Waals surface area contributed by atoms with Crippen molar-refractivity contribution in [2.24, 2.45) is 0 Å². The van der Waals surface area contributed by atoms with Gasteiger partial charge in [-0.15, -0.1) is 0 Å². The van der Waals surface area contributed by atoms with Crippen molar-refractivity contribution in [3.05, 3.63) is 28.3 Å². The van der Waals surface area contributed by atoms with Gasteiger partial charge in [-0.1, -0.05) is 0 Å². The molecule has 15 heavy (non-hydrogen) atoms. The second-order valence-electron chi connectivity index (χ2n) is 2.70. The number of phenolic OH excluding ortho intramolecular Hbond substituents is 1. The van der Waals surface area contributed by atoms with Crippen LogP contribution >= 0.6 is 0 Å². The van der Waals surface area contributed by atoms with Gasteiger partial charge in [-0.2, -0.15) is 8.42 Å². The number of nitro benzene ring substituents is 1. The number of benzene rings is 1. The van der Waals surface area contributed by atoms with Gasteiger partial charge in [0.15, 0.2) is 5.75 Å². The van der Waals surface area contributed by atoms with Gasteiger partial charge in [0.05, 0.1) is 17.2 Å². The number of aromatic hydroxyl groups is 1. The quantitative estimate of drug-likeness (QED) is 0.466. The van der Waals surface area contributed by atoms with E-state index < -0.39 is 26.5 Å². The fraction of sp³-hybridized carbons (Fsp3) is 0.143. The summed E-state index contributed by atoms with van der Waals surface area (Å²) in [6.07, 6.45) is 0.811. The monoisotopic (exact) mass is 233 g/mol. The fourth-order valence-electron chi connectivity index (χ4n) is 0.876. The Labute approximate surface area is 85.2 Å². The first-order chi connectivity index (χ1) is 6.79. The zero-order chi connectivity index (χ0) is 11.6. The lowest BCUT2D eigenvalue weighted by molar-refractivity contribution is -0.385. The third kappa shape index (κ3) is 3.09. The predicted molar refractivity (Wildman–Crippen MR) is 50.2 cm³/mol. The molecular weight excluding hydrogens is 226 g/mol. The first-order valence-corrected chi connectivity index (χ1v) is 5.48. The number of hydrogen-bond acceptors (Lipinski definition) is 6. The summed E-state index contributed by atoms with van der Waals surface area (Å²) in [7, 11) is -3.74. The van der Waals surface area contributed by atoms with Gasteiger partial charge in [-0.05, 0) is 12.1 Å². The van der Waals surface area contributed by atoms with Crippen molar-refractivity contribution in [3.63, 3.8) is 0 Å². The third-order valence-corrected chi connectivity index (χ3v) is 1.89. The van der Waals surface area contributed by atoms with Gasteiger partial charge in [0, 0.05) is 0 Å². The molecular formula is C7H7NO6S. The van der Waals surface area contributed by atoms with Crippen LogP contribution in [0.1, 0.15) is 0 Å². The molecule has 8 heteroatoms. The van der Waals surface area contributed by atoms with Crippen molar-refractivity contribution >= 4 is 15.8 Å². The van der Waals surface area contributed by atoms with Crippen LogP contribution in [0.25, 0.3) is 0 Å². The van der Waals surface area contributed by atoms with E-state index in [1.807, 2.05) is 0 Å². The molecule has 0 heterocycles. The smallest absolute Gasteiger partial charge is 0.314 e. The Bertz CT molecular complexity index is 494. The molecule has 1 N–H and O–H groups in total. The minimum absolute atomic E-state index is 0.220. The predicted octanol–water partition coefficient (Wildman–Crippen LogP) is 0.639. The molecule has 0 aromatic heterocycles. The van der Waals surface area contributed by atoms with Gasteiger partial charge in [-0.3, -0.25) is 10.1 Å². The van der Waals surface area contributed by atoms with E-state index in [2.05, 4.69) is 4.18 Å².